The molecule has 0 spiro atoms. The summed E-state index contributed by atoms with van der Waals surface area (Å²) in [5.74, 6) is -0.996. The minimum atomic E-state index is -0.818. The summed E-state index contributed by atoms with van der Waals surface area (Å²) >= 11 is 0. The fraction of sp³-hybridized carbons (Fsp3) is 0.722. The molecule has 5 atom stereocenters. The van der Waals surface area contributed by atoms with Crippen molar-refractivity contribution in [3.8, 4) is 0 Å². The van der Waals surface area contributed by atoms with E-state index in [2.05, 4.69) is 13.0 Å². The van der Waals surface area contributed by atoms with Gasteiger partial charge in [0.05, 0.1) is 18.3 Å². The van der Waals surface area contributed by atoms with Gasteiger partial charge in [-0.3, -0.25) is 4.79 Å². The average molecular weight is 326 g/mol. The summed E-state index contributed by atoms with van der Waals surface area (Å²) in [5.41, 5.74) is 0. The van der Waals surface area contributed by atoms with Gasteiger partial charge >= 0.3 is 5.97 Å². The smallest absolute Gasteiger partial charge is 0.303 e. The quantitative estimate of drug-likeness (QED) is 0.365. The largest absolute Gasteiger partial charge is 0.481 e. The molecule has 0 radical (unpaired) electrons. The number of carbonyl (C=O) groups is 1. The zero-order chi connectivity index (χ0) is 17.2. The Balaban J connectivity index is 2.47. The van der Waals surface area contributed by atoms with Gasteiger partial charge in [-0.25, -0.2) is 0 Å². The molecule has 1 aliphatic rings. The Bertz CT molecular complexity index is 404. The van der Waals surface area contributed by atoms with Crippen LogP contribution in [-0.4, -0.2) is 44.7 Å². The van der Waals surface area contributed by atoms with Gasteiger partial charge in [-0.15, -0.1) is 0 Å². The van der Waals surface area contributed by atoms with Crippen molar-refractivity contribution in [1.29, 1.82) is 0 Å². The molecule has 1 saturated carbocycles. The molecule has 0 aromatic carbocycles. The highest BCUT2D eigenvalue weighted by Gasteiger charge is 2.39. The number of allylic oxidation sites excluding steroid dienone is 2. The van der Waals surface area contributed by atoms with Crippen LogP contribution in [-0.2, 0) is 4.79 Å². The molecule has 0 amide bonds. The zero-order valence-corrected chi connectivity index (χ0v) is 13.8. The monoisotopic (exact) mass is 326 g/mol. The van der Waals surface area contributed by atoms with Gasteiger partial charge in [-0.05, 0) is 38.0 Å². The first-order valence-corrected chi connectivity index (χ1v) is 8.55. The lowest BCUT2D eigenvalue weighted by molar-refractivity contribution is -0.137. The van der Waals surface area contributed by atoms with Crippen molar-refractivity contribution in [1.82, 2.24) is 0 Å². The van der Waals surface area contributed by atoms with Crippen LogP contribution in [0, 0.1) is 11.8 Å². The third kappa shape index (κ3) is 7.29. The molecule has 4 N–H and O–H groups in total. The number of aliphatic hydroxyl groups is 3. The molecular weight excluding hydrogens is 296 g/mol. The van der Waals surface area contributed by atoms with E-state index < -0.39 is 24.3 Å². The summed E-state index contributed by atoms with van der Waals surface area (Å²) in [6.45, 7) is 2.05. The van der Waals surface area contributed by atoms with Gasteiger partial charge in [0.2, 0.25) is 0 Å². The predicted octanol–water partition coefficient (Wildman–Crippen LogP) is 2.26. The SMILES string of the molecule is CC/C=C\C[C@@H]1[C@H](/C=C/[C@@H](O)CCCCC(=O)O)[C@@H](O)C[C@H]1O. The maximum Gasteiger partial charge on any atom is 0.303 e. The van der Waals surface area contributed by atoms with Crippen molar-refractivity contribution in [2.45, 2.75) is 70.2 Å². The van der Waals surface area contributed by atoms with Gasteiger partial charge in [0.15, 0.2) is 0 Å². The van der Waals surface area contributed by atoms with Crippen molar-refractivity contribution in [3.05, 3.63) is 24.3 Å². The average Bonchev–Trinajstić information content (AvgIpc) is 2.75. The first-order valence-electron chi connectivity index (χ1n) is 8.55. The second kappa shape index (κ2) is 10.6. The second-order valence-corrected chi connectivity index (χ2v) is 6.32. The minimum Gasteiger partial charge on any atom is -0.481 e. The molecule has 23 heavy (non-hydrogen) atoms. The number of carboxylic acid groups (broad SMARTS) is 1. The molecule has 5 heteroatoms. The van der Waals surface area contributed by atoms with Crippen LogP contribution in [0.3, 0.4) is 0 Å². The van der Waals surface area contributed by atoms with E-state index in [0.717, 1.165) is 12.8 Å². The van der Waals surface area contributed by atoms with E-state index in [0.29, 0.717) is 25.7 Å². The molecule has 1 fully saturated rings. The number of rotatable bonds is 10. The molecule has 0 heterocycles. The van der Waals surface area contributed by atoms with E-state index in [1.807, 2.05) is 12.2 Å². The van der Waals surface area contributed by atoms with Crippen molar-refractivity contribution >= 4 is 5.97 Å². The fourth-order valence-electron chi connectivity index (χ4n) is 3.11. The molecule has 1 aliphatic carbocycles. The predicted molar refractivity (Wildman–Crippen MR) is 88.9 cm³/mol. The molecule has 5 nitrogen and oxygen atoms in total. The molecule has 0 aliphatic heterocycles. The van der Waals surface area contributed by atoms with E-state index >= 15 is 0 Å². The third-order valence-electron chi connectivity index (χ3n) is 4.42. The topological polar surface area (TPSA) is 98.0 Å². The van der Waals surface area contributed by atoms with Gasteiger partial charge in [0.1, 0.15) is 0 Å². The normalized spacial score (nSPS) is 29.6. The molecule has 0 unspecified atom stereocenters. The van der Waals surface area contributed by atoms with Gasteiger partial charge < -0.3 is 20.4 Å². The van der Waals surface area contributed by atoms with Crippen LogP contribution in [0.4, 0.5) is 0 Å². The first kappa shape index (κ1) is 19.9. The summed E-state index contributed by atoms with van der Waals surface area (Å²) in [7, 11) is 0. The lowest BCUT2D eigenvalue weighted by atomic mass is 9.89. The Kier molecular flexibility index (Phi) is 9.14. The highest BCUT2D eigenvalue weighted by atomic mass is 16.4. The van der Waals surface area contributed by atoms with Crippen molar-refractivity contribution in [2.24, 2.45) is 11.8 Å². The van der Waals surface area contributed by atoms with Crippen LogP contribution >= 0.6 is 0 Å². The van der Waals surface area contributed by atoms with Gasteiger partial charge in [-0.2, -0.15) is 0 Å². The van der Waals surface area contributed by atoms with E-state index in [1.165, 1.54) is 0 Å². The van der Waals surface area contributed by atoms with Crippen LogP contribution < -0.4 is 0 Å². The maximum atomic E-state index is 10.4. The van der Waals surface area contributed by atoms with Crippen molar-refractivity contribution in [3.63, 3.8) is 0 Å². The van der Waals surface area contributed by atoms with Crippen LogP contribution in [0.15, 0.2) is 24.3 Å². The van der Waals surface area contributed by atoms with E-state index in [4.69, 9.17) is 5.11 Å². The summed E-state index contributed by atoms with van der Waals surface area (Å²) < 4.78 is 0. The fourth-order valence-corrected chi connectivity index (χ4v) is 3.11. The van der Waals surface area contributed by atoms with Crippen LogP contribution in [0.25, 0.3) is 0 Å². The lowest BCUT2D eigenvalue weighted by Gasteiger charge is -2.19. The Labute approximate surface area is 138 Å². The number of unbranched alkanes of at least 4 members (excludes halogenated alkanes) is 1. The summed E-state index contributed by atoms with van der Waals surface area (Å²) in [6.07, 6.45) is 9.69. The first-order chi connectivity index (χ1) is 11.0. The Morgan fingerprint density at radius 1 is 1.22 bits per heavy atom. The Hall–Kier alpha value is -1.17. The van der Waals surface area contributed by atoms with E-state index in [9.17, 15) is 20.1 Å². The summed E-state index contributed by atoms with van der Waals surface area (Å²) in [6, 6.07) is 0. The number of hydrogen-bond donors (Lipinski definition) is 4. The molecule has 132 valence electrons. The molecule has 0 aromatic rings. The van der Waals surface area contributed by atoms with E-state index in [-0.39, 0.29) is 18.3 Å². The summed E-state index contributed by atoms with van der Waals surface area (Å²) in [5, 5.41) is 38.7. The van der Waals surface area contributed by atoms with E-state index in [1.54, 1.807) is 6.08 Å². The van der Waals surface area contributed by atoms with Gasteiger partial charge in [-0.1, -0.05) is 31.2 Å². The number of aliphatic carboxylic acids is 1. The molecule has 0 bridgehead atoms. The number of hydrogen-bond acceptors (Lipinski definition) is 4. The molecule has 0 saturated heterocycles. The molecule has 1 rings (SSSR count). The Morgan fingerprint density at radius 2 is 1.96 bits per heavy atom. The highest BCUT2D eigenvalue weighted by molar-refractivity contribution is 5.66. The van der Waals surface area contributed by atoms with Gasteiger partial charge in [0, 0.05) is 18.8 Å². The van der Waals surface area contributed by atoms with Crippen molar-refractivity contribution in [2.75, 3.05) is 0 Å². The maximum absolute atomic E-state index is 10.4. The van der Waals surface area contributed by atoms with Crippen LogP contribution in [0.5, 0.6) is 0 Å². The van der Waals surface area contributed by atoms with Crippen molar-refractivity contribution < 1.29 is 25.2 Å². The number of carboxylic acids is 1. The highest BCUT2D eigenvalue weighted by Crippen LogP contribution is 2.36. The minimum absolute atomic E-state index is 0.0248. The zero-order valence-electron chi connectivity index (χ0n) is 13.8. The van der Waals surface area contributed by atoms with Crippen LogP contribution in [0.2, 0.25) is 0 Å². The van der Waals surface area contributed by atoms with Crippen LogP contribution in [0.1, 0.15) is 51.9 Å². The van der Waals surface area contributed by atoms with Gasteiger partial charge in [0.25, 0.3) is 0 Å². The second-order valence-electron chi connectivity index (χ2n) is 6.32. The standard InChI is InChI=1S/C18H30O5/c1-2-3-4-8-14-15(17(21)12-16(14)20)11-10-13(19)7-5-6-9-18(22)23/h3-4,10-11,13-17,19-21H,2,5-9,12H2,1H3,(H,22,23)/b4-3-,11-10+/t13-,14+,15-,16+,17-/m0/s1. The lowest BCUT2D eigenvalue weighted by Crippen LogP contribution is -2.20. The Morgan fingerprint density at radius 3 is 2.61 bits per heavy atom. The summed E-state index contributed by atoms with van der Waals surface area (Å²) in [4.78, 5) is 10.4. The molecular formula is C18H30O5. The third-order valence-corrected chi connectivity index (χ3v) is 4.42. The molecule has 0 aromatic heterocycles. The number of aliphatic hydroxyl groups excluding tert-OH is 3.